The van der Waals surface area contributed by atoms with Crippen LogP contribution in [0.1, 0.15) is 205 Å². The lowest BCUT2D eigenvalue weighted by Crippen LogP contribution is -3.00. The third kappa shape index (κ3) is 25.2. The molecule has 0 nitrogen and oxygen atoms in total. The Balaban J connectivity index is 0.0000115. The summed E-state index contributed by atoms with van der Waals surface area (Å²) in [5, 5.41) is 0. The van der Waals surface area contributed by atoms with Crippen molar-refractivity contribution in [3.63, 3.8) is 0 Å². The molecule has 2 aromatic rings. The molecule has 2 heteroatoms. The summed E-state index contributed by atoms with van der Waals surface area (Å²) < 4.78 is 0. The quantitative estimate of drug-likeness (QED) is 0.0504. The van der Waals surface area contributed by atoms with E-state index in [1.807, 2.05) is 0 Å². The first kappa shape index (κ1) is 45.2. The Labute approximate surface area is 308 Å². The van der Waals surface area contributed by atoms with E-state index in [2.05, 4.69) is 74.5 Å². The molecule has 0 amide bonds. The van der Waals surface area contributed by atoms with Crippen LogP contribution in [0.5, 0.6) is 0 Å². The number of hydrogen-bond acceptors (Lipinski definition) is 0. The number of hydrogen-bond donors (Lipinski definition) is 0. The zero-order valence-corrected chi connectivity index (χ0v) is 33.9. The summed E-state index contributed by atoms with van der Waals surface area (Å²) in [7, 11) is -1.11. The average molecular weight is 700 g/mol. The van der Waals surface area contributed by atoms with Crippen LogP contribution in [0.3, 0.4) is 0 Å². The Kier molecular flexibility index (Phi) is 31.4. The molecule has 0 saturated heterocycles. The summed E-state index contributed by atoms with van der Waals surface area (Å²) in [4.78, 5) is 0. The van der Waals surface area contributed by atoms with Gasteiger partial charge in [-0.15, -0.1) is 0 Å². The molecule has 2 rings (SSSR count). The molecule has 276 valence electrons. The highest BCUT2D eigenvalue weighted by atomic mass is 35.5. The SMILES string of the molecule is CCCCCCCCCCCCCCCC[P+](CCCCCCCCCCCCCCCC)(Cc1ccccc1)Cc1ccccc1.[Cl-]. The van der Waals surface area contributed by atoms with Crippen molar-refractivity contribution in [2.24, 2.45) is 0 Å². The molecule has 0 aliphatic heterocycles. The zero-order valence-electron chi connectivity index (χ0n) is 32.2. The second kappa shape index (κ2) is 33.3. The normalized spacial score (nSPS) is 11.5. The maximum absolute atomic E-state index is 2.41. The summed E-state index contributed by atoms with van der Waals surface area (Å²) in [6.45, 7) is 4.63. The molecule has 0 aliphatic rings. The van der Waals surface area contributed by atoms with Gasteiger partial charge in [-0.2, -0.15) is 0 Å². The van der Waals surface area contributed by atoms with Gasteiger partial charge in [-0.1, -0.05) is 229 Å². The van der Waals surface area contributed by atoms with Gasteiger partial charge in [0.1, 0.15) is 0 Å². The van der Waals surface area contributed by atoms with Gasteiger partial charge in [0.25, 0.3) is 0 Å². The zero-order chi connectivity index (χ0) is 33.4. The first-order valence-corrected chi connectivity index (χ1v) is 23.7. The van der Waals surface area contributed by atoms with Crippen LogP contribution in [0.4, 0.5) is 0 Å². The molecule has 0 spiro atoms. The molecular weight excluding hydrogens is 619 g/mol. The molecule has 0 saturated carbocycles. The summed E-state index contributed by atoms with van der Waals surface area (Å²) >= 11 is 0. The molecule has 2 aromatic carbocycles. The molecule has 0 aromatic heterocycles. The van der Waals surface area contributed by atoms with Crippen molar-refractivity contribution in [3.8, 4) is 0 Å². The van der Waals surface area contributed by atoms with E-state index in [4.69, 9.17) is 0 Å². The minimum Gasteiger partial charge on any atom is -1.00 e. The molecular formula is C46H80ClP. The van der Waals surface area contributed by atoms with Gasteiger partial charge in [-0.05, 0) is 36.8 Å². The highest BCUT2D eigenvalue weighted by molar-refractivity contribution is 7.74. The van der Waals surface area contributed by atoms with Crippen molar-refractivity contribution in [2.45, 2.75) is 206 Å². The van der Waals surface area contributed by atoms with Crippen molar-refractivity contribution in [1.82, 2.24) is 0 Å². The summed E-state index contributed by atoms with van der Waals surface area (Å²) in [5.74, 6) is 0. The Hall–Kier alpha value is -0.840. The van der Waals surface area contributed by atoms with E-state index in [1.54, 1.807) is 11.1 Å². The lowest BCUT2D eigenvalue weighted by molar-refractivity contribution is -0.0000103. The fraction of sp³-hybridized carbons (Fsp3) is 0.739. The van der Waals surface area contributed by atoms with Crippen LogP contribution in [-0.2, 0) is 12.3 Å². The molecule has 0 unspecified atom stereocenters. The Bertz CT molecular complexity index is 821. The van der Waals surface area contributed by atoms with Crippen molar-refractivity contribution >= 4 is 7.26 Å². The van der Waals surface area contributed by atoms with Gasteiger partial charge in [-0.25, -0.2) is 0 Å². The van der Waals surface area contributed by atoms with E-state index in [1.165, 1.54) is 204 Å². The third-order valence-corrected chi connectivity index (χ3v) is 15.3. The molecule has 0 bridgehead atoms. The Morgan fingerprint density at radius 2 is 0.542 bits per heavy atom. The van der Waals surface area contributed by atoms with Crippen LogP contribution >= 0.6 is 7.26 Å². The van der Waals surface area contributed by atoms with E-state index >= 15 is 0 Å². The summed E-state index contributed by atoms with van der Waals surface area (Å²) in [6.07, 6.45) is 46.3. The van der Waals surface area contributed by atoms with Crippen molar-refractivity contribution in [2.75, 3.05) is 12.3 Å². The summed E-state index contributed by atoms with van der Waals surface area (Å²) in [5.41, 5.74) is 3.18. The fourth-order valence-corrected chi connectivity index (χ4v) is 12.4. The van der Waals surface area contributed by atoms with Gasteiger partial charge < -0.3 is 12.4 Å². The number of unbranched alkanes of at least 4 members (excludes halogenated alkanes) is 26. The van der Waals surface area contributed by atoms with E-state index in [0.717, 1.165) is 0 Å². The lowest BCUT2D eigenvalue weighted by atomic mass is 10.0. The first-order chi connectivity index (χ1) is 23.3. The molecule has 0 radical (unpaired) electrons. The van der Waals surface area contributed by atoms with Gasteiger partial charge in [0.2, 0.25) is 0 Å². The Morgan fingerprint density at radius 1 is 0.312 bits per heavy atom. The van der Waals surface area contributed by atoms with E-state index < -0.39 is 7.26 Å². The first-order valence-electron chi connectivity index (χ1n) is 21.2. The monoisotopic (exact) mass is 699 g/mol. The van der Waals surface area contributed by atoms with E-state index in [9.17, 15) is 0 Å². The highest BCUT2D eigenvalue weighted by Gasteiger charge is 2.36. The Morgan fingerprint density at radius 3 is 0.792 bits per heavy atom. The number of halogens is 1. The van der Waals surface area contributed by atoms with E-state index in [-0.39, 0.29) is 12.4 Å². The van der Waals surface area contributed by atoms with Crippen LogP contribution in [0.25, 0.3) is 0 Å². The molecule has 0 atom stereocenters. The van der Waals surface area contributed by atoms with Gasteiger partial charge in [0.05, 0.1) is 24.6 Å². The average Bonchev–Trinajstić information content (AvgIpc) is 3.09. The maximum atomic E-state index is 2.41. The molecule has 0 N–H and O–H groups in total. The van der Waals surface area contributed by atoms with Gasteiger partial charge in [-0.3, -0.25) is 0 Å². The predicted molar refractivity (Wildman–Crippen MR) is 218 cm³/mol. The number of benzene rings is 2. The van der Waals surface area contributed by atoms with Crippen molar-refractivity contribution in [3.05, 3.63) is 71.8 Å². The fourth-order valence-electron chi connectivity index (χ4n) is 7.71. The second-order valence-electron chi connectivity index (χ2n) is 15.3. The largest absolute Gasteiger partial charge is 1.00 e. The van der Waals surface area contributed by atoms with Crippen molar-refractivity contribution < 1.29 is 12.4 Å². The number of rotatable bonds is 34. The molecule has 0 fully saturated rings. The summed E-state index contributed by atoms with van der Waals surface area (Å²) in [6, 6.07) is 23.1. The minimum atomic E-state index is -1.11. The van der Waals surface area contributed by atoms with E-state index in [0.29, 0.717) is 0 Å². The minimum absolute atomic E-state index is 0. The van der Waals surface area contributed by atoms with Crippen LogP contribution in [-0.4, -0.2) is 12.3 Å². The van der Waals surface area contributed by atoms with Crippen LogP contribution in [0.15, 0.2) is 60.7 Å². The van der Waals surface area contributed by atoms with Gasteiger partial charge >= 0.3 is 0 Å². The van der Waals surface area contributed by atoms with Gasteiger partial charge in [0, 0.05) is 7.26 Å². The molecule has 0 heterocycles. The van der Waals surface area contributed by atoms with Crippen LogP contribution in [0.2, 0.25) is 0 Å². The van der Waals surface area contributed by atoms with Gasteiger partial charge in [0.15, 0.2) is 0 Å². The van der Waals surface area contributed by atoms with Crippen molar-refractivity contribution in [1.29, 1.82) is 0 Å². The maximum Gasteiger partial charge on any atom is 0.0846 e. The lowest BCUT2D eigenvalue weighted by Gasteiger charge is -2.29. The second-order valence-corrected chi connectivity index (χ2v) is 19.5. The van der Waals surface area contributed by atoms with Crippen LogP contribution in [0, 0.1) is 0 Å². The van der Waals surface area contributed by atoms with Crippen LogP contribution < -0.4 is 12.4 Å². The highest BCUT2D eigenvalue weighted by Crippen LogP contribution is 2.65. The topological polar surface area (TPSA) is 0 Å². The standard InChI is InChI=1S/C46H80P.ClH/c1-3-5-7-9-11-13-15-17-19-21-23-25-27-35-41-47(43-45-37-31-29-32-38-45,44-46-39-33-30-34-40-46)42-36-28-26-24-22-20-18-16-14-12-10-8-6-4-2;/h29-34,37-40H,3-28,35-36,41-44H2,1-2H3;1H/q+1;/p-1. The predicted octanol–water partition coefficient (Wildman–Crippen LogP) is 13.4. The molecule has 0 aliphatic carbocycles. The molecule has 48 heavy (non-hydrogen) atoms. The third-order valence-electron chi connectivity index (χ3n) is 10.7. The smallest absolute Gasteiger partial charge is 0.0846 e.